The number of rotatable bonds is 4. The molecule has 17 heavy (non-hydrogen) atoms. The molecule has 4 nitrogen and oxygen atoms in total. The van der Waals surface area contributed by atoms with Crippen molar-refractivity contribution in [1.82, 2.24) is 9.88 Å². The number of hydrogen-bond acceptors (Lipinski definition) is 3. The summed E-state index contributed by atoms with van der Waals surface area (Å²) in [7, 11) is 0. The number of hydrogen-bond donors (Lipinski definition) is 1. The Balaban J connectivity index is 1.88. The maximum Gasteiger partial charge on any atom is 0.303 e. The monoisotopic (exact) mass is 238 g/mol. The van der Waals surface area contributed by atoms with E-state index in [0.717, 1.165) is 18.8 Å². The van der Waals surface area contributed by atoms with Crippen molar-refractivity contribution in [3.8, 4) is 0 Å². The fourth-order valence-electron chi connectivity index (χ4n) is 2.12. The van der Waals surface area contributed by atoms with Gasteiger partial charge >= 0.3 is 5.97 Å². The van der Waals surface area contributed by atoms with Gasteiger partial charge < -0.3 is 5.11 Å². The third-order valence-corrected chi connectivity index (χ3v) is 3.17. The van der Waals surface area contributed by atoms with Crippen molar-refractivity contribution in [2.75, 3.05) is 13.1 Å². The number of aromatic nitrogens is 1. The molecule has 0 aromatic carbocycles. The second kappa shape index (κ2) is 4.79. The summed E-state index contributed by atoms with van der Waals surface area (Å²) in [5, 5.41) is 8.65. The molecule has 0 radical (unpaired) electrons. The number of aliphatic carboxylic acids is 1. The summed E-state index contributed by atoms with van der Waals surface area (Å²) >= 11 is 0. The van der Waals surface area contributed by atoms with E-state index in [4.69, 9.17) is 5.11 Å². The normalized spacial score (nSPS) is 18.7. The molecule has 1 aliphatic rings. The van der Waals surface area contributed by atoms with Gasteiger partial charge in [0.25, 0.3) is 0 Å². The molecule has 0 saturated carbocycles. The highest BCUT2D eigenvalue weighted by Gasteiger charge is 2.32. The highest BCUT2D eigenvalue weighted by Crippen LogP contribution is 2.28. The largest absolute Gasteiger partial charge is 0.481 e. The van der Waals surface area contributed by atoms with Gasteiger partial charge in [-0.3, -0.25) is 14.7 Å². The van der Waals surface area contributed by atoms with Crippen LogP contribution in [0.1, 0.15) is 25.1 Å². The summed E-state index contributed by atoms with van der Waals surface area (Å²) in [5.41, 5.74) is 0.820. The summed E-state index contributed by atoms with van der Waals surface area (Å²) < 4.78 is 12.7. The van der Waals surface area contributed by atoms with Crippen molar-refractivity contribution in [1.29, 1.82) is 0 Å². The van der Waals surface area contributed by atoms with E-state index >= 15 is 0 Å². The van der Waals surface area contributed by atoms with Gasteiger partial charge in [-0.2, -0.15) is 0 Å². The highest BCUT2D eigenvalue weighted by atomic mass is 19.1. The second-order valence-electron chi connectivity index (χ2n) is 4.50. The van der Waals surface area contributed by atoms with Crippen LogP contribution in [-0.4, -0.2) is 34.0 Å². The first-order valence-corrected chi connectivity index (χ1v) is 5.63. The number of carboxylic acids is 1. The van der Waals surface area contributed by atoms with Gasteiger partial charge in [-0.15, -0.1) is 0 Å². The number of nitrogens with zero attached hydrogens (tertiary/aromatic N) is 2. The van der Waals surface area contributed by atoms with Crippen LogP contribution in [0.2, 0.25) is 0 Å². The zero-order valence-electron chi connectivity index (χ0n) is 9.64. The van der Waals surface area contributed by atoms with E-state index in [9.17, 15) is 9.18 Å². The maximum atomic E-state index is 12.7. The Bertz CT molecular complexity index is 401. The van der Waals surface area contributed by atoms with Gasteiger partial charge in [-0.25, -0.2) is 4.39 Å². The Kier molecular flexibility index (Phi) is 3.38. The van der Waals surface area contributed by atoms with Crippen molar-refractivity contribution in [3.63, 3.8) is 0 Å². The molecule has 1 aliphatic heterocycles. The van der Waals surface area contributed by atoms with Crippen LogP contribution >= 0.6 is 0 Å². The summed E-state index contributed by atoms with van der Waals surface area (Å²) in [4.78, 5) is 16.7. The Hall–Kier alpha value is -1.49. The molecule has 1 N–H and O–H groups in total. The molecule has 0 aliphatic carbocycles. The van der Waals surface area contributed by atoms with Crippen molar-refractivity contribution < 1.29 is 14.3 Å². The minimum Gasteiger partial charge on any atom is -0.481 e. The van der Waals surface area contributed by atoms with Gasteiger partial charge in [0.1, 0.15) is 5.82 Å². The zero-order valence-corrected chi connectivity index (χ0v) is 9.64. The van der Waals surface area contributed by atoms with Gasteiger partial charge in [-0.1, -0.05) is 0 Å². The Labute approximate surface area is 99.1 Å². The topological polar surface area (TPSA) is 53.4 Å². The second-order valence-corrected chi connectivity index (χ2v) is 4.50. The van der Waals surface area contributed by atoms with Gasteiger partial charge in [0.05, 0.1) is 18.3 Å². The molecule has 1 aromatic rings. The van der Waals surface area contributed by atoms with E-state index in [0.29, 0.717) is 0 Å². The van der Waals surface area contributed by atoms with Crippen LogP contribution in [0.25, 0.3) is 0 Å². The van der Waals surface area contributed by atoms with Gasteiger partial charge in [0, 0.05) is 19.1 Å². The summed E-state index contributed by atoms with van der Waals surface area (Å²) in [5.74, 6) is -0.856. The molecular formula is C12H15FN2O2. The molecule has 0 amide bonds. The number of halogens is 1. The lowest BCUT2D eigenvalue weighted by Gasteiger charge is -2.42. The third-order valence-electron chi connectivity index (χ3n) is 3.17. The Morgan fingerprint density at radius 3 is 2.88 bits per heavy atom. The van der Waals surface area contributed by atoms with Crippen LogP contribution in [0, 0.1) is 11.7 Å². The lowest BCUT2D eigenvalue weighted by molar-refractivity contribution is -0.139. The van der Waals surface area contributed by atoms with Crippen molar-refractivity contribution in [2.45, 2.75) is 19.4 Å². The summed E-state index contributed by atoms with van der Waals surface area (Å²) in [6, 6.07) is 3.18. The summed E-state index contributed by atoms with van der Waals surface area (Å²) in [6.45, 7) is 3.54. The average Bonchev–Trinajstić information content (AvgIpc) is 2.23. The lowest BCUT2D eigenvalue weighted by atomic mass is 9.94. The zero-order chi connectivity index (χ0) is 12.4. The van der Waals surface area contributed by atoms with E-state index in [1.807, 2.05) is 6.92 Å². The van der Waals surface area contributed by atoms with Crippen molar-refractivity contribution in [2.24, 2.45) is 5.92 Å². The predicted molar refractivity (Wildman–Crippen MR) is 59.9 cm³/mol. The standard InChI is InChI=1S/C12H15FN2O2/c1-8(11-3-2-10(13)5-14-11)15-6-9(7-15)4-12(16)17/h2-3,5,8-9H,4,6-7H2,1H3,(H,16,17). The van der Waals surface area contributed by atoms with E-state index in [1.165, 1.54) is 12.3 Å². The van der Waals surface area contributed by atoms with Crippen LogP contribution in [0.4, 0.5) is 4.39 Å². The molecule has 2 heterocycles. The van der Waals surface area contributed by atoms with Gasteiger partial charge in [0.15, 0.2) is 0 Å². The van der Waals surface area contributed by atoms with Crippen LogP contribution in [-0.2, 0) is 4.79 Å². The molecule has 1 aromatic heterocycles. The lowest BCUT2D eigenvalue weighted by Crippen LogP contribution is -2.48. The fourth-order valence-corrected chi connectivity index (χ4v) is 2.12. The van der Waals surface area contributed by atoms with Gasteiger partial charge in [-0.05, 0) is 25.0 Å². The first-order valence-electron chi connectivity index (χ1n) is 5.63. The molecule has 1 unspecified atom stereocenters. The van der Waals surface area contributed by atoms with E-state index in [2.05, 4.69) is 9.88 Å². The fraction of sp³-hybridized carbons (Fsp3) is 0.500. The Morgan fingerprint density at radius 2 is 2.35 bits per heavy atom. The molecule has 1 fully saturated rings. The van der Waals surface area contributed by atoms with Crippen molar-refractivity contribution >= 4 is 5.97 Å². The summed E-state index contributed by atoms with van der Waals surface area (Å²) in [6.07, 6.45) is 1.43. The van der Waals surface area contributed by atoms with E-state index < -0.39 is 5.97 Å². The molecule has 2 rings (SSSR count). The minimum atomic E-state index is -0.748. The van der Waals surface area contributed by atoms with E-state index in [-0.39, 0.29) is 24.2 Å². The molecule has 0 bridgehead atoms. The first-order chi connectivity index (χ1) is 8.06. The van der Waals surface area contributed by atoms with Crippen molar-refractivity contribution in [3.05, 3.63) is 29.8 Å². The predicted octanol–water partition coefficient (Wildman–Crippen LogP) is 1.69. The molecule has 92 valence electrons. The number of carbonyl (C=O) groups is 1. The SMILES string of the molecule is CC(c1ccc(F)cn1)N1CC(CC(=O)O)C1. The molecule has 1 atom stereocenters. The highest BCUT2D eigenvalue weighted by molar-refractivity contribution is 5.67. The van der Waals surface area contributed by atoms with Crippen LogP contribution in [0.3, 0.4) is 0 Å². The molecule has 1 saturated heterocycles. The minimum absolute atomic E-state index is 0.112. The number of pyridine rings is 1. The van der Waals surface area contributed by atoms with E-state index in [1.54, 1.807) is 6.07 Å². The maximum absolute atomic E-state index is 12.7. The number of carboxylic acid groups (broad SMARTS) is 1. The molecular weight excluding hydrogens is 223 g/mol. The van der Waals surface area contributed by atoms with Crippen LogP contribution in [0.15, 0.2) is 18.3 Å². The van der Waals surface area contributed by atoms with Crippen LogP contribution < -0.4 is 0 Å². The smallest absolute Gasteiger partial charge is 0.303 e. The van der Waals surface area contributed by atoms with Crippen LogP contribution in [0.5, 0.6) is 0 Å². The average molecular weight is 238 g/mol. The molecule has 0 spiro atoms. The molecule has 5 heteroatoms. The quantitative estimate of drug-likeness (QED) is 0.867. The Morgan fingerprint density at radius 1 is 1.65 bits per heavy atom. The third kappa shape index (κ3) is 2.79. The first kappa shape index (κ1) is 12.0. The number of likely N-dealkylation sites (tertiary alicyclic amines) is 1. The van der Waals surface area contributed by atoms with Gasteiger partial charge in [0.2, 0.25) is 0 Å².